The molecule has 0 radical (unpaired) electrons. The van der Waals surface area contributed by atoms with E-state index in [-0.39, 0.29) is 60.7 Å². The fraction of sp³-hybridized carbons (Fsp3) is 0.714. The van der Waals surface area contributed by atoms with Crippen LogP contribution in [0.1, 0.15) is 68.7 Å². The molecule has 172 valence electrons. The van der Waals surface area contributed by atoms with Crippen molar-refractivity contribution in [3.8, 4) is 0 Å². The molecule has 3 heterocycles. The van der Waals surface area contributed by atoms with Gasteiger partial charge in [0, 0.05) is 50.0 Å². The summed E-state index contributed by atoms with van der Waals surface area (Å²) < 4.78 is 40.5. The van der Waals surface area contributed by atoms with E-state index in [1.807, 2.05) is 0 Å². The highest BCUT2D eigenvalue weighted by Gasteiger charge is 2.39. The van der Waals surface area contributed by atoms with E-state index in [9.17, 15) is 22.8 Å². The zero-order chi connectivity index (χ0) is 22.9. The molecule has 1 fully saturated rings. The van der Waals surface area contributed by atoms with Crippen LogP contribution in [0.5, 0.6) is 0 Å². The van der Waals surface area contributed by atoms with Crippen molar-refractivity contribution in [3.05, 3.63) is 22.8 Å². The quantitative estimate of drug-likeness (QED) is 0.758. The predicted molar refractivity (Wildman–Crippen MR) is 108 cm³/mol. The van der Waals surface area contributed by atoms with Gasteiger partial charge in [-0.2, -0.15) is 13.2 Å². The highest BCUT2D eigenvalue weighted by Crippen LogP contribution is 2.34. The van der Waals surface area contributed by atoms with Crippen LogP contribution in [-0.4, -0.2) is 57.3 Å². The molecule has 1 unspecified atom stereocenters. The number of rotatable bonds is 5. The highest BCUT2D eigenvalue weighted by molar-refractivity contribution is 5.78. The highest BCUT2D eigenvalue weighted by atomic mass is 19.4. The lowest BCUT2D eigenvalue weighted by Crippen LogP contribution is -2.48. The van der Waals surface area contributed by atoms with Crippen molar-refractivity contribution in [2.75, 3.05) is 19.6 Å². The van der Waals surface area contributed by atoms with E-state index in [0.29, 0.717) is 25.4 Å². The Labute approximate surface area is 180 Å². The number of carbonyl (C=O) groups is 2. The molecule has 1 aromatic heterocycles. The number of nitrogens with two attached hydrogens (primary N) is 1. The van der Waals surface area contributed by atoms with E-state index in [1.54, 1.807) is 18.7 Å². The number of likely N-dealkylation sites (tertiary alicyclic amines) is 1. The second kappa shape index (κ2) is 9.10. The van der Waals surface area contributed by atoms with E-state index < -0.39 is 17.9 Å². The van der Waals surface area contributed by atoms with Gasteiger partial charge in [-0.3, -0.25) is 9.59 Å². The summed E-state index contributed by atoms with van der Waals surface area (Å²) in [6.07, 6.45) is -3.14. The summed E-state index contributed by atoms with van der Waals surface area (Å²) in [5.41, 5.74) is 5.56. The molecular weight excluding hydrogens is 411 g/mol. The van der Waals surface area contributed by atoms with Crippen LogP contribution in [0.15, 0.2) is 0 Å². The summed E-state index contributed by atoms with van der Waals surface area (Å²) in [6, 6.07) is -0.523. The van der Waals surface area contributed by atoms with E-state index in [1.165, 1.54) is 4.90 Å². The SMILES string of the molecule is CC1CCC(=O)N(C[C@@H](N)CC(=O)N2CCc3c(nc(C(C)C)nc3C(F)(F)F)C2)C1. The lowest BCUT2D eigenvalue weighted by atomic mass is 9.98. The van der Waals surface area contributed by atoms with Crippen molar-refractivity contribution < 1.29 is 22.8 Å². The van der Waals surface area contributed by atoms with Gasteiger partial charge in [-0.1, -0.05) is 20.8 Å². The number of hydrogen-bond acceptors (Lipinski definition) is 5. The molecule has 0 spiro atoms. The summed E-state index contributed by atoms with van der Waals surface area (Å²) >= 11 is 0. The van der Waals surface area contributed by atoms with Crippen LogP contribution in [0.25, 0.3) is 0 Å². The van der Waals surface area contributed by atoms with Gasteiger partial charge in [0.15, 0.2) is 5.69 Å². The molecule has 2 aliphatic heterocycles. The summed E-state index contributed by atoms with van der Waals surface area (Å²) in [5.74, 6) is 0.0569. The standard InChI is InChI=1S/C21H30F3N5O2/c1-12(2)20-26-16-11-28(7-6-15(16)19(27-20)21(22,23)24)18(31)8-14(25)10-29-9-13(3)4-5-17(29)30/h12-14H,4-11,25H2,1-3H3/t13?,14-/m0/s1. The van der Waals surface area contributed by atoms with Crippen molar-refractivity contribution in [2.45, 2.75) is 71.1 Å². The van der Waals surface area contributed by atoms with Crippen molar-refractivity contribution in [1.82, 2.24) is 19.8 Å². The summed E-state index contributed by atoms with van der Waals surface area (Å²) in [4.78, 5) is 36.1. The molecule has 10 heteroatoms. The molecule has 0 saturated carbocycles. The Kier molecular flexibility index (Phi) is 6.88. The Morgan fingerprint density at radius 2 is 1.97 bits per heavy atom. The predicted octanol–water partition coefficient (Wildman–Crippen LogP) is 2.48. The van der Waals surface area contributed by atoms with Crippen molar-refractivity contribution in [2.24, 2.45) is 11.7 Å². The zero-order valence-electron chi connectivity index (χ0n) is 18.2. The number of hydrogen-bond donors (Lipinski definition) is 1. The smallest absolute Gasteiger partial charge is 0.341 e. The first kappa shape index (κ1) is 23.4. The van der Waals surface area contributed by atoms with Gasteiger partial charge < -0.3 is 15.5 Å². The van der Waals surface area contributed by atoms with Gasteiger partial charge in [-0.15, -0.1) is 0 Å². The first-order valence-corrected chi connectivity index (χ1v) is 10.7. The van der Waals surface area contributed by atoms with Gasteiger partial charge >= 0.3 is 6.18 Å². The molecule has 2 atom stereocenters. The van der Waals surface area contributed by atoms with Crippen LogP contribution in [0.2, 0.25) is 0 Å². The molecule has 2 amide bonds. The van der Waals surface area contributed by atoms with E-state index in [4.69, 9.17) is 5.73 Å². The Balaban J connectivity index is 1.69. The normalized spacial score (nSPS) is 20.8. The third-order valence-electron chi connectivity index (χ3n) is 5.85. The summed E-state index contributed by atoms with van der Waals surface area (Å²) in [5, 5.41) is 0. The van der Waals surface area contributed by atoms with Gasteiger partial charge in [0.25, 0.3) is 0 Å². The number of piperidine rings is 1. The Morgan fingerprint density at radius 3 is 2.61 bits per heavy atom. The second-order valence-corrected chi connectivity index (χ2v) is 8.98. The lowest BCUT2D eigenvalue weighted by Gasteiger charge is -2.34. The topological polar surface area (TPSA) is 92.4 Å². The maximum atomic E-state index is 13.5. The van der Waals surface area contributed by atoms with E-state index >= 15 is 0 Å². The number of alkyl halides is 3. The third kappa shape index (κ3) is 5.53. The van der Waals surface area contributed by atoms with Crippen LogP contribution < -0.4 is 5.73 Å². The minimum Gasteiger partial charge on any atom is -0.341 e. The molecule has 2 aliphatic rings. The van der Waals surface area contributed by atoms with Crippen molar-refractivity contribution in [3.63, 3.8) is 0 Å². The molecule has 0 aliphatic carbocycles. The van der Waals surface area contributed by atoms with E-state index in [2.05, 4.69) is 16.9 Å². The first-order valence-electron chi connectivity index (χ1n) is 10.7. The molecule has 2 N–H and O–H groups in total. The Bertz CT molecular complexity index is 843. The second-order valence-electron chi connectivity index (χ2n) is 8.98. The number of nitrogens with zero attached hydrogens (tertiary/aromatic N) is 4. The third-order valence-corrected chi connectivity index (χ3v) is 5.85. The molecule has 0 bridgehead atoms. The summed E-state index contributed by atoms with van der Waals surface area (Å²) in [6.45, 7) is 6.64. The zero-order valence-corrected chi connectivity index (χ0v) is 18.2. The van der Waals surface area contributed by atoms with Crippen LogP contribution in [0.4, 0.5) is 13.2 Å². The van der Waals surface area contributed by atoms with Crippen LogP contribution in [0.3, 0.4) is 0 Å². The number of amides is 2. The fourth-order valence-electron chi connectivity index (χ4n) is 4.13. The molecule has 3 rings (SSSR count). The molecule has 0 aromatic carbocycles. The minimum absolute atomic E-state index is 0.00584. The molecule has 7 nitrogen and oxygen atoms in total. The van der Waals surface area contributed by atoms with Gasteiger partial charge in [-0.05, 0) is 18.8 Å². The monoisotopic (exact) mass is 441 g/mol. The summed E-state index contributed by atoms with van der Waals surface area (Å²) in [7, 11) is 0. The molecule has 1 aromatic rings. The lowest BCUT2D eigenvalue weighted by molar-refractivity contribution is -0.142. The van der Waals surface area contributed by atoms with Gasteiger partial charge in [0.05, 0.1) is 12.2 Å². The number of aromatic nitrogens is 2. The Morgan fingerprint density at radius 1 is 1.26 bits per heavy atom. The largest absolute Gasteiger partial charge is 0.433 e. The number of halogens is 3. The fourth-order valence-corrected chi connectivity index (χ4v) is 4.13. The van der Waals surface area contributed by atoms with E-state index in [0.717, 1.165) is 6.42 Å². The van der Waals surface area contributed by atoms with Gasteiger partial charge in [0.1, 0.15) is 5.82 Å². The minimum atomic E-state index is -4.57. The molecule has 31 heavy (non-hydrogen) atoms. The van der Waals surface area contributed by atoms with Crippen molar-refractivity contribution in [1.29, 1.82) is 0 Å². The maximum absolute atomic E-state index is 13.5. The number of fused-ring (bicyclic) bond motifs is 1. The van der Waals surface area contributed by atoms with Crippen molar-refractivity contribution >= 4 is 11.8 Å². The van der Waals surface area contributed by atoms with Crippen LogP contribution in [0, 0.1) is 5.92 Å². The van der Waals surface area contributed by atoms with Crippen LogP contribution >= 0.6 is 0 Å². The number of carbonyl (C=O) groups excluding carboxylic acids is 2. The average molecular weight is 441 g/mol. The van der Waals surface area contributed by atoms with Crippen LogP contribution in [-0.2, 0) is 28.7 Å². The molecular formula is C21H30F3N5O2. The Hall–Kier alpha value is -2.23. The van der Waals surface area contributed by atoms with Gasteiger partial charge in [-0.25, -0.2) is 9.97 Å². The average Bonchev–Trinajstić information content (AvgIpc) is 2.68. The first-order chi connectivity index (χ1) is 14.5. The van der Waals surface area contributed by atoms with Gasteiger partial charge in [0.2, 0.25) is 11.8 Å². The maximum Gasteiger partial charge on any atom is 0.433 e. The molecule has 1 saturated heterocycles.